The predicted molar refractivity (Wildman–Crippen MR) is 92.2 cm³/mol. The fraction of sp³-hybridized carbons (Fsp3) is 0.278. The number of primary amides is 1. The molecule has 2 rings (SSSR count). The number of halogens is 1. The first-order chi connectivity index (χ1) is 10.9. The van der Waals surface area contributed by atoms with Gasteiger partial charge in [0.1, 0.15) is 0 Å². The van der Waals surface area contributed by atoms with Gasteiger partial charge in [-0.15, -0.1) is 0 Å². The lowest BCUT2D eigenvalue weighted by atomic mass is 9.88. The third-order valence-corrected chi connectivity index (χ3v) is 4.24. The highest BCUT2D eigenvalue weighted by molar-refractivity contribution is 6.30. The number of rotatable bonds is 6. The maximum absolute atomic E-state index is 11.1. The first kappa shape index (κ1) is 17.5. The molecule has 0 heterocycles. The van der Waals surface area contributed by atoms with Crippen molar-refractivity contribution in [2.75, 3.05) is 0 Å². The highest BCUT2D eigenvalue weighted by Gasteiger charge is 2.23. The normalized spacial score (nSPS) is 15.0. The highest BCUT2D eigenvalue weighted by atomic mass is 35.5. The first-order valence-electron chi connectivity index (χ1n) is 7.46. The Morgan fingerprint density at radius 1 is 1.22 bits per heavy atom. The lowest BCUT2D eigenvalue weighted by molar-refractivity contribution is 0.100. The fourth-order valence-electron chi connectivity index (χ4n) is 2.54. The molecule has 23 heavy (non-hydrogen) atoms. The molecule has 5 heteroatoms. The van der Waals surface area contributed by atoms with Gasteiger partial charge in [-0.1, -0.05) is 42.8 Å². The van der Waals surface area contributed by atoms with Crippen LogP contribution in [0, 0.1) is 5.92 Å². The molecule has 2 aromatic carbocycles. The van der Waals surface area contributed by atoms with E-state index in [9.17, 15) is 9.90 Å². The number of carbonyl (C=O) groups excluding carboxylic acids is 1. The Balaban J connectivity index is 2.04. The van der Waals surface area contributed by atoms with E-state index in [1.54, 1.807) is 30.3 Å². The minimum absolute atomic E-state index is 0.0448. The lowest BCUT2D eigenvalue weighted by Crippen LogP contribution is -2.36. The summed E-state index contributed by atoms with van der Waals surface area (Å²) in [5.74, 6) is -0.402. The van der Waals surface area contributed by atoms with Crippen LogP contribution >= 0.6 is 11.6 Å². The van der Waals surface area contributed by atoms with Crippen LogP contribution in [0.3, 0.4) is 0 Å². The molecule has 122 valence electrons. The molecular formula is C18H21ClN2O2. The molecule has 0 saturated heterocycles. The third-order valence-electron chi connectivity index (χ3n) is 4.01. The maximum atomic E-state index is 11.1. The zero-order valence-corrected chi connectivity index (χ0v) is 13.7. The number of hydrogen-bond acceptors (Lipinski definition) is 3. The van der Waals surface area contributed by atoms with Crippen molar-refractivity contribution in [2.24, 2.45) is 17.4 Å². The molecule has 2 aromatic rings. The van der Waals surface area contributed by atoms with Gasteiger partial charge in [-0.05, 0) is 47.7 Å². The Hall–Kier alpha value is -1.88. The fourth-order valence-corrected chi connectivity index (χ4v) is 2.74. The van der Waals surface area contributed by atoms with Crippen LogP contribution in [0.2, 0.25) is 5.02 Å². The van der Waals surface area contributed by atoms with Crippen molar-refractivity contribution in [1.82, 2.24) is 0 Å². The molecule has 0 aliphatic heterocycles. The van der Waals surface area contributed by atoms with Crippen molar-refractivity contribution < 1.29 is 9.90 Å². The van der Waals surface area contributed by atoms with Crippen molar-refractivity contribution >= 4 is 17.5 Å². The summed E-state index contributed by atoms with van der Waals surface area (Å²) in [6.45, 7) is 1.99. The number of aliphatic hydroxyl groups is 1. The van der Waals surface area contributed by atoms with E-state index < -0.39 is 18.1 Å². The van der Waals surface area contributed by atoms with Gasteiger partial charge in [0.15, 0.2) is 0 Å². The molecule has 0 fully saturated rings. The standard InChI is InChI=1S/C18H21ClN2O2/c1-11(9-12-5-7-13(8-6-12)18(21)23)16(20)17(22)14-3-2-4-15(19)10-14/h2-8,10-11,16-17,22H,9,20H2,1H3,(H2,21,23). The van der Waals surface area contributed by atoms with Crippen molar-refractivity contribution in [1.29, 1.82) is 0 Å². The van der Waals surface area contributed by atoms with Gasteiger partial charge in [-0.25, -0.2) is 0 Å². The zero-order valence-electron chi connectivity index (χ0n) is 12.9. The van der Waals surface area contributed by atoms with E-state index in [0.717, 1.165) is 5.56 Å². The SMILES string of the molecule is CC(Cc1ccc(C(N)=O)cc1)C(N)C(O)c1cccc(Cl)c1. The molecule has 0 aromatic heterocycles. The summed E-state index contributed by atoms with van der Waals surface area (Å²) in [5, 5.41) is 11.0. The highest BCUT2D eigenvalue weighted by Crippen LogP contribution is 2.25. The molecule has 0 radical (unpaired) electrons. The van der Waals surface area contributed by atoms with Gasteiger partial charge < -0.3 is 16.6 Å². The number of carbonyl (C=O) groups is 1. The minimum atomic E-state index is -0.784. The summed E-state index contributed by atoms with van der Waals surface area (Å²) in [4.78, 5) is 11.1. The lowest BCUT2D eigenvalue weighted by Gasteiger charge is -2.25. The second-order valence-electron chi connectivity index (χ2n) is 5.82. The largest absolute Gasteiger partial charge is 0.387 e. The molecule has 3 unspecified atom stereocenters. The van der Waals surface area contributed by atoms with Gasteiger partial charge in [0.25, 0.3) is 0 Å². The summed E-state index contributed by atoms with van der Waals surface area (Å²) < 4.78 is 0. The summed E-state index contributed by atoms with van der Waals surface area (Å²) in [6.07, 6.45) is -0.0914. The number of benzene rings is 2. The van der Waals surface area contributed by atoms with E-state index >= 15 is 0 Å². The van der Waals surface area contributed by atoms with E-state index in [1.165, 1.54) is 0 Å². The third kappa shape index (κ3) is 4.55. The molecule has 4 nitrogen and oxygen atoms in total. The van der Waals surface area contributed by atoms with Crippen LogP contribution in [-0.2, 0) is 6.42 Å². The minimum Gasteiger partial charge on any atom is -0.387 e. The second-order valence-corrected chi connectivity index (χ2v) is 6.26. The Bertz CT molecular complexity index is 673. The van der Waals surface area contributed by atoms with E-state index in [0.29, 0.717) is 22.6 Å². The zero-order chi connectivity index (χ0) is 17.0. The number of nitrogens with two attached hydrogens (primary N) is 2. The smallest absolute Gasteiger partial charge is 0.248 e. The first-order valence-corrected chi connectivity index (χ1v) is 7.84. The van der Waals surface area contributed by atoms with E-state index in [4.69, 9.17) is 23.1 Å². The summed E-state index contributed by atoms with van der Waals surface area (Å²) >= 11 is 5.95. The molecule has 3 atom stereocenters. The average molecular weight is 333 g/mol. The predicted octanol–water partition coefficient (Wildman–Crippen LogP) is 2.68. The van der Waals surface area contributed by atoms with Crippen molar-refractivity contribution in [3.8, 4) is 0 Å². The summed E-state index contributed by atoms with van der Waals surface area (Å²) in [5.41, 5.74) is 13.7. The van der Waals surface area contributed by atoms with Crippen LogP contribution in [0.5, 0.6) is 0 Å². The van der Waals surface area contributed by atoms with Crippen molar-refractivity contribution in [3.63, 3.8) is 0 Å². The van der Waals surface area contributed by atoms with Crippen LogP contribution in [0.4, 0.5) is 0 Å². The number of amides is 1. The quantitative estimate of drug-likeness (QED) is 0.759. The Labute approximate surface area is 141 Å². The Kier molecular flexibility index (Phi) is 5.77. The van der Waals surface area contributed by atoms with Gasteiger partial charge in [0.2, 0.25) is 5.91 Å². The second kappa shape index (κ2) is 7.59. The molecule has 5 N–H and O–H groups in total. The molecule has 1 amide bonds. The van der Waals surface area contributed by atoms with E-state index in [1.807, 2.05) is 25.1 Å². The van der Waals surface area contributed by atoms with E-state index in [2.05, 4.69) is 0 Å². The monoisotopic (exact) mass is 332 g/mol. The van der Waals surface area contributed by atoms with Crippen LogP contribution in [-0.4, -0.2) is 17.1 Å². The molecule has 0 aliphatic carbocycles. The van der Waals surface area contributed by atoms with Crippen LogP contribution < -0.4 is 11.5 Å². The number of hydrogen-bond donors (Lipinski definition) is 3. The van der Waals surface area contributed by atoms with Crippen molar-refractivity contribution in [2.45, 2.75) is 25.5 Å². The molecule has 0 bridgehead atoms. The maximum Gasteiger partial charge on any atom is 0.248 e. The van der Waals surface area contributed by atoms with Crippen LogP contribution in [0.1, 0.15) is 34.5 Å². The van der Waals surface area contributed by atoms with Gasteiger partial charge in [0.05, 0.1) is 6.10 Å². The van der Waals surface area contributed by atoms with Gasteiger partial charge in [-0.2, -0.15) is 0 Å². The molecule has 0 spiro atoms. The van der Waals surface area contributed by atoms with Gasteiger partial charge in [0, 0.05) is 16.6 Å². The Morgan fingerprint density at radius 3 is 2.43 bits per heavy atom. The van der Waals surface area contributed by atoms with Gasteiger partial charge in [-0.3, -0.25) is 4.79 Å². The number of aliphatic hydroxyl groups excluding tert-OH is 1. The average Bonchev–Trinajstić information content (AvgIpc) is 2.54. The van der Waals surface area contributed by atoms with Crippen molar-refractivity contribution in [3.05, 3.63) is 70.2 Å². The van der Waals surface area contributed by atoms with Crippen LogP contribution in [0.15, 0.2) is 48.5 Å². The summed E-state index contributed by atoms with van der Waals surface area (Å²) in [6, 6.07) is 13.8. The van der Waals surface area contributed by atoms with Crippen LogP contribution in [0.25, 0.3) is 0 Å². The van der Waals surface area contributed by atoms with E-state index in [-0.39, 0.29) is 5.92 Å². The molecular weight excluding hydrogens is 312 g/mol. The summed E-state index contributed by atoms with van der Waals surface area (Å²) in [7, 11) is 0. The molecule has 0 saturated carbocycles. The topological polar surface area (TPSA) is 89.3 Å². The Morgan fingerprint density at radius 2 is 1.87 bits per heavy atom. The van der Waals surface area contributed by atoms with Gasteiger partial charge >= 0.3 is 0 Å². The molecule has 0 aliphatic rings.